The van der Waals surface area contributed by atoms with Gasteiger partial charge in [-0.15, -0.1) is 11.3 Å². The summed E-state index contributed by atoms with van der Waals surface area (Å²) < 4.78 is 11.2. The molecule has 0 saturated carbocycles. The number of aromatic nitrogens is 1. The van der Waals surface area contributed by atoms with E-state index in [4.69, 9.17) is 9.47 Å². The molecule has 2 heterocycles. The summed E-state index contributed by atoms with van der Waals surface area (Å²) in [4.78, 5) is 16.6. The molecule has 122 valence electrons. The number of aryl methyl sites for hydroxylation is 1. The third-order valence-electron chi connectivity index (χ3n) is 3.66. The molecule has 3 rings (SSSR count). The van der Waals surface area contributed by atoms with Crippen LogP contribution in [-0.2, 0) is 11.3 Å². The number of rotatable bonds is 6. The first-order valence-electron chi connectivity index (χ1n) is 7.74. The van der Waals surface area contributed by atoms with Crippen LogP contribution < -0.4 is 10.1 Å². The van der Waals surface area contributed by atoms with E-state index in [1.807, 2.05) is 24.4 Å². The maximum Gasteiger partial charge on any atom is 0.251 e. The lowest BCUT2D eigenvalue weighted by molar-refractivity contribution is 0.0857. The Labute approximate surface area is 139 Å². The van der Waals surface area contributed by atoms with Gasteiger partial charge in [-0.2, -0.15) is 0 Å². The molecule has 1 saturated heterocycles. The maximum absolute atomic E-state index is 12.2. The van der Waals surface area contributed by atoms with Gasteiger partial charge in [0.1, 0.15) is 12.4 Å². The van der Waals surface area contributed by atoms with Crippen LogP contribution in [0.15, 0.2) is 29.6 Å². The Morgan fingerprint density at radius 1 is 1.52 bits per heavy atom. The van der Waals surface area contributed by atoms with Crippen molar-refractivity contribution < 1.29 is 14.3 Å². The summed E-state index contributed by atoms with van der Waals surface area (Å²) in [5.41, 5.74) is 1.50. The van der Waals surface area contributed by atoms with Crippen molar-refractivity contribution in [3.8, 4) is 5.75 Å². The lowest BCUT2D eigenvalue weighted by atomic mass is 10.2. The minimum atomic E-state index is -0.101. The third-order valence-corrected chi connectivity index (χ3v) is 4.49. The Morgan fingerprint density at radius 2 is 2.43 bits per heavy atom. The van der Waals surface area contributed by atoms with Crippen molar-refractivity contribution in [2.75, 3.05) is 13.2 Å². The lowest BCUT2D eigenvalue weighted by Gasteiger charge is -2.11. The van der Waals surface area contributed by atoms with Gasteiger partial charge in [0, 0.05) is 24.1 Å². The van der Waals surface area contributed by atoms with Crippen molar-refractivity contribution in [2.45, 2.75) is 32.5 Å². The molecule has 0 radical (unpaired) electrons. The van der Waals surface area contributed by atoms with E-state index in [1.54, 1.807) is 23.5 Å². The van der Waals surface area contributed by atoms with Crippen molar-refractivity contribution in [3.05, 3.63) is 45.9 Å². The highest BCUT2D eigenvalue weighted by Crippen LogP contribution is 2.17. The molecule has 1 aromatic heterocycles. The first kappa shape index (κ1) is 16.0. The number of nitrogens with zero attached hydrogens (tertiary/aromatic N) is 1. The number of nitrogens with one attached hydrogen (secondary N) is 1. The zero-order valence-electron chi connectivity index (χ0n) is 13.1. The Balaban J connectivity index is 1.54. The SMILES string of the molecule is Cc1nc(COc2cccc(C(=O)NC[C@H]3CCCO3)c2)cs1. The Kier molecular flexibility index (Phi) is 5.25. The zero-order chi connectivity index (χ0) is 16.1. The van der Waals surface area contributed by atoms with Crippen LogP contribution in [0.2, 0.25) is 0 Å². The largest absolute Gasteiger partial charge is 0.487 e. The van der Waals surface area contributed by atoms with Crippen LogP contribution in [0.4, 0.5) is 0 Å². The second kappa shape index (κ2) is 7.57. The molecule has 1 amide bonds. The summed E-state index contributed by atoms with van der Waals surface area (Å²) in [6.45, 7) is 3.72. The van der Waals surface area contributed by atoms with Gasteiger partial charge in [-0.3, -0.25) is 4.79 Å². The van der Waals surface area contributed by atoms with E-state index in [-0.39, 0.29) is 12.0 Å². The third kappa shape index (κ3) is 4.53. The van der Waals surface area contributed by atoms with Crippen LogP contribution in [0.5, 0.6) is 5.75 Å². The number of amides is 1. The molecule has 23 heavy (non-hydrogen) atoms. The fourth-order valence-corrected chi connectivity index (χ4v) is 3.07. The number of benzene rings is 1. The van der Waals surface area contributed by atoms with Crippen LogP contribution >= 0.6 is 11.3 Å². The number of carbonyl (C=O) groups is 1. The number of ether oxygens (including phenoxy) is 2. The standard InChI is InChI=1S/C17H20N2O3S/c1-12-19-14(11-23-12)10-22-15-5-2-4-13(8-15)17(20)18-9-16-6-3-7-21-16/h2,4-5,8,11,16H,3,6-7,9-10H2,1H3,(H,18,20)/t16-/m1/s1. The second-order valence-electron chi connectivity index (χ2n) is 5.52. The summed E-state index contributed by atoms with van der Waals surface area (Å²) in [5.74, 6) is 0.566. The maximum atomic E-state index is 12.2. The first-order chi connectivity index (χ1) is 11.2. The number of hydrogen-bond acceptors (Lipinski definition) is 5. The van der Waals surface area contributed by atoms with Gasteiger partial charge in [-0.05, 0) is 38.0 Å². The molecule has 0 bridgehead atoms. The predicted molar refractivity (Wildman–Crippen MR) is 88.9 cm³/mol. The van der Waals surface area contributed by atoms with Crippen LogP contribution in [0.1, 0.15) is 33.9 Å². The molecule has 1 aromatic carbocycles. The van der Waals surface area contributed by atoms with Crippen molar-refractivity contribution in [1.29, 1.82) is 0 Å². The molecule has 2 aromatic rings. The zero-order valence-corrected chi connectivity index (χ0v) is 13.9. The topological polar surface area (TPSA) is 60.5 Å². The van der Waals surface area contributed by atoms with Gasteiger partial charge < -0.3 is 14.8 Å². The molecule has 0 aliphatic carbocycles. The van der Waals surface area contributed by atoms with Crippen molar-refractivity contribution in [3.63, 3.8) is 0 Å². The smallest absolute Gasteiger partial charge is 0.251 e. The van der Waals surface area contributed by atoms with Gasteiger partial charge in [0.15, 0.2) is 0 Å². The van der Waals surface area contributed by atoms with Crippen LogP contribution in [-0.4, -0.2) is 30.1 Å². The predicted octanol–water partition coefficient (Wildman–Crippen LogP) is 2.94. The van der Waals surface area contributed by atoms with Gasteiger partial charge in [0.25, 0.3) is 5.91 Å². The van der Waals surface area contributed by atoms with Gasteiger partial charge in [0.05, 0.1) is 16.8 Å². The van der Waals surface area contributed by atoms with Gasteiger partial charge in [0.2, 0.25) is 0 Å². The molecular formula is C17H20N2O3S. The van der Waals surface area contributed by atoms with Crippen molar-refractivity contribution in [2.24, 2.45) is 0 Å². The summed E-state index contributed by atoms with van der Waals surface area (Å²) in [7, 11) is 0. The van der Waals surface area contributed by atoms with E-state index >= 15 is 0 Å². The van der Waals surface area contributed by atoms with Crippen LogP contribution in [0, 0.1) is 6.92 Å². The summed E-state index contributed by atoms with van der Waals surface area (Å²) >= 11 is 1.60. The molecule has 0 spiro atoms. The minimum absolute atomic E-state index is 0.101. The molecule has 1 N–H and O–H groups in total. The van der Waals surface area contributed by atoms with E-state index in [0.717, 1.165) is 30.2 Å². The quantitative estimate of drug-likeness (QED) is 0.883. The second-order valence-corrected chi connectivity index (χ2v) is 6.58. The molecule has 1 atom stereocenters. The van der Waals surface area contributed by atoms with Crippen molar-refractivity contribution in [1.82, 2.24) is 10.3 Å². The van der Waals surface area contributed by atoms with E-state index in [1.165, 1.54) is 0 Å². The fraction of sp³-hybridized carbons (Fsp3) is 0.412. The minimum Gasteiger partial charge on any atom is -0.487 e. The lowest BCUT2D eigenvalue weighted by Crippen LogP contribution is -2.31. The summed E-state index contributed by atoms with van der Waals surface area (Å²) in [6, 6.07) is 7.20. The van der Waals surface area contributed by atoms with Gasteiger partial charge in [-0.1, -0.05) is 6.07 Å². The summed E-state index contributed by atoms with van der Waals surface area (Å²) in [6.07, 6.45) is 2.22. The average Bonchev–Trinajstić information content (AvgIpc) is 3.22. The molecule has 6 heteroatoms. The Morgan fingerprint density at radius 3 is 3.17 bits per heavy atom. The highest BCUT2D eigenvalue weighted by molar-refractivity contribution is 7.09. The molecule has 5 nitrogen and oxygen atoms in total. The fourth-order valence-electron chi connectivity index (χ4n) is 2.47. The molecule has 1 aliphatic heterocycles. The van der Waals surface area contributed by atoms with E-state index < -0.39 is 0 Å². The highest BCUT2D eigenvalue weighted by Gasteiger charge is 2.16. The molecular weight excluding hydrogens is 312 g/mol. The van der Waals surface area contributed by atoms with Gasteiger partial charge >= 0.3 is 0 Å². The Hall–Kier alpha value is -1.92. The monoisotopic (exact) mass is 332 g/mol. The number of carbonyl (C=O) groups excluding carboxylic acids is 1. The van der Waals surface area contributed by atoms with Crippen LogP contribution in [0.25, 0.3) is 0 Å². The highest BCUT2D eigenvalue weighted by atomic mass is 32.1. The summed E-state index contributed by atoms with van der Waals surface area (Å²) in [5, 5.41) is 5.91. The Bertz CT molecular complexity index is 665. The molecule has 1 fully saturated rings. The normalized spacial score (nSPS) is 17.2. The average molecular weight is 332 g/mol. The number of hydrogen-bond donors (Lipinski definition) is 1. The van der Waals surface area contributed by atoms with Gasteiger partial charge in [-0.25, -0.2) is 4.98 Å². The molecule has 0 unspecified atom stereocenters. The van der Waals surface area contributed by atoms with E-state index in [0.29, 0.717) is 24.5 Å². The van der Waals surface area contributed by atoms with E-state index in [9.17, 15) is 4.79 Å². The molecule has 1 aliphatic rings. The first-order valence-corrected chi connectivity index (χ1v) is 8.62. The van der Waals surface area contributed by atoms with Crippen molar-refractivity contribution >= 4 is 17.2 Å². The number of thiazole rings is 1. The van der Waals surface area contributed by atoms with E-state index in [2.05, 4.69) is 10.3 Å². The van der Waals surface area contributed by atoms with Crippen LogP contribution in [0.3, 0.4) is 0 Å².